The number of hydrogen-bond donors (Lipinski definition) is 1. The molecule has 0 radical (unpaired) electrons. The Kier molecular flexibility index (Phi) is 5.85. The van der Waals surface area contributed by atoms with Crippen LogP contribution in [0.3, 0.4) is 0 Å². The fourth-order valence-corrected chi connectivity index (χ4v) is 4.00. The van der Waals surface area contributed by atoms with Crippen LogP contribution in [0.1, 0.15) is 20.8 Å². The lowest BCUT2D eigenvalue weighted by Crippen LogP contribution is -2.25. The van der Waals surface area contributed by atoms with E-state index in [4.69, 9.17) is 9.47 Å². The van der Waals surface area contributed by atoms with E-state index < -0.39 is 0 Å². The third-order valence-electron chi connectivity index (χ3n) is 4.09. The fourth-order valence-electron chi connectivity index (χ4n) is 2.86. The predicted octanol–water partition coefficient (Wildman–Crippen LogP) is 4.17. The second-order valence-electron chi connectivity index (χ2n) is 5.81. The van der Waals surface area contributed by atoms with Crippen molar-refractivity contribution in [2.45, 2.75) is 13.0 Å². The Morgan fingerprint density at radius 3 is 2.77 bits per heavy atom. The molecule has 6 heteroatoms. The minimum absolute atomic E-state index is 0.194. The second-order valence-corrected chi connectivity index (χ2v) is 6.87. The predicted molar refractivity (Wildman–Crippen MR) is 102 cm³/mol. The molecule has 3 rings (SSSR count). The van der Waals surface area contributed by atoms with Crippen molar-refractivity contribution in [3.63, 3.8) is 0 Å². The Morgan fingerprint density at radius 2 is 2.00 bits per heavy atom. The van der Waals surface area contributed by atoms with Crippen LogP contribution in [0, 0.1) is 5.82 Å². The SMILES string of the molecule is COCc1c(C(=O)NCCc2cccc(OC)c2)sc2cccc(F)c12. The minimum Gasteiger partial charge on any atom is -0.497 e. The Labute approximate surface area is 155 Å². The minimum atomic E-state index is -0.332. The number of amides is 1. The number of ether oxygens (including phenoxy) is 2. The fraction of sp³-hybridized carbons (Fsp3) is 0.250. The third-order valence-corrected chi connectivity index (χ3v) is 5.29. The van der Waals surface area contributed by atoms with Crippen LogP contribution in [-0.2, 0) is 17.8 Å². The number of benzene rings is 2. The molecule has 1 aromatic heterocycles. The summed E-state index contributed by atoms with van der Waals surface area (Å²) in [6.07, 6.45) is 0.682. The van der Waals surface area contributed by atoms with Crippen LogP contribution < -0.4 is 10.1 Å². The summed E-state index contributed by atoms with van der Waals surface area (Å²) < 4.78 is 25.3. The molecule has 3 aromatic rings. The highest BCUT2D eigenvalue weighted by molar-refractivity contribution is 7.21. The van der Waals surface area contributed by atoms with Crippen LogP contribution >= 0.6 is 11.3 Å². The Bertz CT molecular complexity index is 923. The molecule has 1 N–H and O–H groups in total. The van der Waals surface area contributed by atoms with E-state index >= 15 is 0 Å². The second kappa shape index (κ2) is 8.29. The standard InChI is InChI=1S/C20H20FNO3S/c1-24-12-15-18-16(21)7-4-8-17(18)26-19(15)20(23)22-10-9-13-5-3-6-14(11-13)25-2/h3-8,11H,9-10,12H2,1-2H3,(H,22,23). The molecule has 0 spiro atoms. The summed E-state index contributed by atoms with van der Waals surface area (Å²) in [6.45, 7) is 0.675. The summed E-state index contributed by atoms with van der Waals surface area (Å²) in [5.41, 5.74) is 1.67. The van der Waals surface area contributed by atoms with E-state index in [-0.39, 0.29) is 18.3 Å². The van der Waals surface area contributed by atoms with Crippen LogP contribution in [0.25, 0.3) is 10.1 Å². The van der Waals surface area contributed by atoms with Gasteiger partial charge in [-0.2, -0.15) is 0 Å². The van der Waals surface area contributed by atoms with Crippen molar-refractivity contribution in [3.05, 3.63) is 64.3 Å². The molecule has 0 aliphatic carbocycles. The van der Waals surface area contributed by atoms with Gasteiger partial charge in [0.25, 0.3) is 5.91 Å². The highest BCUT2D eigenvalue weighted by Crippen LogP contribution is 2.33. The number of carbonyl (C=O) groups excluding carboxylic acids is 1. The zero-order valence-corrected chi connectivity index (χ0v) is 15.5. The smallest absolute Gasteiger partial charge is 0.261 e. The van der Waals surface area contributed by atoms with Crippen molar-refractivity contribution in [1.29, 1.82) is 0 Å². The molecule has 4 nitrogen and oxygen atoms in total. The van der Waals surface area contributed by atoms with Gasteiger partial charge in [-0.25, -0.2) is 4.39 Å². The number of nitrogens with one attached hydrogen (secondary N) is 1. The number of rotatable bonds is 7. The lowest BCUT2D eigenvalue weighted by molar-refractivity contribution is 0.0954. The van der Waals surface area contributed by atoms with E-state index in [0.717, 1.165) is 16.0 Å². The topological polar surface area (TPSA) is 47.6 Å². The van der Waals surface area contributed by atoms with E-state index in [9.17, 15) is 9.18 Å². The van der Waals surface area contributed by atoms with Gasteiger partial charge >= 0.3 is 0 Å². The van der Waals surface area contributed by atoms with Gasteiger partial charge in [0.05, 0.1) is 18.6 Å². The molecule has 1 heterocycles. The van der Waals surface area contributed by atoms with Gasteiger partial charge in [0.15, 0.2) is 0 Å². The van der Waals surface area contributed by atoms with Crippen molar-refractivity contribution in [3.8, 4) is 5.75 Å². The molecule has 0 aliphatic rings. The monoisotopic (exact) mass is 373 g/mol. The molecule has 1 amide bonds. The van der Waals surface area contributed by atoms with E-state index in [1.165, 1.54) is 24.5 Å². The third kappa shape index (κ3) is 3.86. The van der Waals surface area contributed by atoms with E-state index in [0.29, 0.717) is 28.8 Å². The largest absolute Gasteiger partial charge is 0.497 e. The highest BCUT2D eigenvalue weighted by atomic mass is 32.1. The summed E-state index contributed by atoms with van der Waals surface area (Å²) in [4.78, 5) is 13.1. The van der Waals surface area contributed by atoms with Crippen molar-refractivity contribution >= 4 is 27.3 Å². The van der Waals surface area contributed by atoms with Crippen LogP contribution in [-0.4, -0.2) is 26.7 Å². The number of thiophene rings is 1. The molecule has 2 aromatic carbocycles. The lowest BCUT2D eigenvalue weighted by atomic mass is 10.1. The first-order valence-electron chi connectivity index (χ1n) is 8.24. The molecule has 0 saturated heterocycles. The van der Waals surface area contributed by atoms with Crippen LogP contribution in [0.5, 0.6) is 5.75 Å². The highest BCUT2D eigenvalue weighted by Gasteiger charge is 2.20. The van der Waals surface area contributed by atoms with Crippen LogP contribution in [0.2, 0.25) is 0 Å². The van der Waals surface area contributed by atoms with E-state index in [1.807, 2.05) is 30.3 Å². The van der Waals surface area contributed by atoms with Crippen molar-refractivity contribution < 1.29 is 18.7 Å². The Hall–Kier alpha value is -2.44. The molecular weight excluding hydrogens is 353 g/mol. The molecule has 0 bridgehead atoms. The molecule has 26 heavy (non-hydrogen) atoms. The number of hydrogen-bond acceptors (Lipinski definition) is 4. The van der Waals surface area contributed by atoms with Crippen LogP contribution in [0.15, 0.2) is 42.5 Å². The summed E-state index contributed by atoms with van der Waals surface area (Å²) in [5.74, 6) is 0.248. The molecular formula is C20H20FNO3S. The van der Waals surface area contributed by atoms with Crippen molar-refractivity contribution in [2.75, 3.05) is 20.8 Å². The molecule has 0 aliphatic heterocycles. The number of carbonyl (C=O) groups is 1. The lowest BCUT2D eigenvalue weighted by Gasteiger charge is -2.07. The normalized spacial score (nSPS) is 10.9. The molecule has 136 valence electrons. The van der Waals surface area contributed by atoms with Crippen molar-refractivity contribution in [2.24, 2.45) is 0 Å². The van der Waals surface area contributed by atoms with Crippen molar-refractivity contribution in [1.82, 2.24) is 5.32 Å². The zero-order valence-electron chi connectivity index (χ0n) is 14.7. The molecule has 0 fully saturated rings. The van der Waals surface area contributed by atoms with Gasteiger partial charge in [-0.1, -0.05) is 18.2 Å². The van der Waals surface area contributed by atoms with Gasteiger partial charge in [0.1, 0.15) is 11.6 Å². The quantitative estimate of drug-likeness (QED) is 0.676. The van der Waals surface area contributed by atoms with Gasteiger partial charge in [-0.05, 0) is 36.2 Å². The number of methoxy groups -OCH3 is 2. The molecule has 0 unspecified atom stereocenters. The summed E-state index contributed by atoms with van der Waals surface area (Å²) in [6, 6.07) is 12.6. The van der Waals surface area contributed by atoms with E-state index in [2.05, 4.69) is 5.32 Å². The maximum Gasteiger partial charge on any atom is 0.261 e. The first kappa shape index (κ1) is 18.4. The first-order valence-corrected chi connectivity index (χ1v) is 9.05. The van der Waals surface area contributed by atoms with Gasteiger partial charge in [-0.15, -0.1) is 11.3 Å². The van der Waals surface area contributed by atoms with E-state index in [1.54, 1.807) is 13.2 Å². The summed E-state index contributed by atoms with van der Waals surface area (Å²) in [5, 5.41) is 3.39. The maximum atomic E-state index is 14.2. The van der Waals surface area contributed by atoms with Gasteiger partial charge in [0, 0.05) is 29.3 Å². The molecule has 0 atom stereocenters. The van der Waals surface area contributed by atoms with Gasteiger partial charge in [-0.3, -0.25) is 4.79 Å². The summed E-state index contributed by atoms with van der Waals surface area (Å²) >= 11 is 1.29. The Morgan fingerprint density at radius 1 is 1.19 bits per heavy atom. The average molecular weight is 373 g/mol. The average Bonchev–Trinajstić information content (AvgIpc) is 3.02. The first-order chi connectivity index (χ1) is 12.6. The van der Waals surface area contributed by atoms with Crippen LogP contribution in [0.4, 0.5) is 4.39 Å². The Balaban J connectivity index is 1.75. The summed E-state index contributed by atoms with van der Waals surface area (Å²) in [7, 11) is 3.16. The van der Waals surface area contributed by atoms with Gasteiger partial charge < -0.3 is 14.8 Å². The molecule has 0 saturated carbocycles. The number of halogens is 1. The zero-order chi connectivity index (χ0) is 18.5. The van der Waals surface area contributed by atoms with Gasteiger partial charge in [0.2, 0.25) is 0 Å². The maximum absolute atomic E-state index is 14.2. The number of fused-ring (bicyclic) bond motifs is 1.